The molecule has 6 nitrogen and oxygen atoms in total. The number of nitrogens with one attached hydrogen (secondary N) is 2. The van der Waals surface area contributed by atoms with Crippen molar-refractivity contribution in [3.8, 4) is 0 Å². The monoisotopic (exact) mass is 478 g/mol. The van der Waals surface area contributed by atoms with Gasteiger partial charge in [0.05, 0.1) is 6.10 Å². The molecular formula is C19H35IN4O2. The number of guanidine groups is 1. The van der Waals surface area contributed by atoms with Crippen molar-refractivity contribution in [3.63, 3.8) is 0 Å². The molecule has 3 aliphatic rings. The molecule has 2 saturated heterocycles. The van der Waals surface area contributed by atoms with E-state index in [1.54, 1.807) is 6.92 Å². The van der Waals surface area contributed by atoms with Crippen molar-refractivity contribution >= 4 is 35.8 Å². The zero-order valence-corrected chi connectivity index (χ0v) is 18.9. The van der Waals surface area contributed by atoms with Crippen LogP contribution in [0.15, 0.2) is 4.99 Å². The average molecular weight is 478 g/mol. The zero-order chi connectivity index (χ0) is 18.0. The maximum absolute atomic E-state index is 11.4. The highest BCUT2D eigenvalue weighted by atomic mass is 127. The number of aliphatic imine (C=N–C) groups is 1. The Kier molecular flexibility index (Phi) is 7.59. The van der Waals surface area contributed by atoms with Gasteiger partial charge in [-0.3, -0.25) is 9.79 Å². The summed E-state index contributed by atoms with van der Waals surface area (Å²) in [7, 11) is 1.84. The molecule has 1 saturated carbocycles. The number of amides is 1. The van der Waals surface area contributed by atoms with Crippen LogP contribution in [0, 0.1) is 17.3 Å². The van der Waals surface area contributed by atoms with Crippen molar-refractivity contribution in [1.29, 1.82) is 0 Å². The summed E-state index contributed by atoms with van der Waals surface area (Å²) in [5, 5.41) is 7.16. The van der Waals surface area contributed by atoms with Crippen LogP contribution in [0.1, 0.15) is 46.5 Å². The summed E-state index contributed by atoms with van der Waals surface area (Å²) >= 11 is 0. The third-order valence-electron chi connectivity index (χ3n) is 6.46. The molecule has 0 aromatic carbocycles. The van der Waals surface area contributed by atoms with Crippen LogP contribution in [0.5, 0.6) is 0 Å². The Balaban J connectivity index is 0.00000243. The average Bonchev–Trinajstić information content (AvgIpc) is 2.62. The van der Waals surface area contributed by atoms with Gasteiger partial charge in [-0.15, -0.1) is 24.0 Å². The van der Waals surface area contributed by atoms with Crippen LogP contribution in [0.4, 0.5) is 0 Å². The van der Waals surface area contributed by atoms with Gasteiger partial charge in [0, 0.05) is 57.6 Å². The summed E-state index contributed by atoms with van der Waals surface area (Å²) in [6.07, 6.45) is 4.92. The molecule has 0 spiro atoms. The van der Waals surface area contributed by atoms with Gasteiger partial charge < -0.3 is 20.3 Å². The summed E-state index contributed by atoms with van der Waals surface area (Å²) in [4.78, 5) is 17.8. The normalized spacial score (nSPS) is 31.3. The standard InChI is InChI=1S/C19H34N4O2.HI/c1-13(24)23-9-7-14(8-10-23)12-21-18(20-4)22-16-15-6-5-11-25-17(15)19(16,2)3;/h14-17H,5-12H2,1-4H3,(H2,20,21,22);1H. The second-order valence-electron chi connectivity index (χ2n) is 8.44. The molecule has 2 heterocycles. The number of carbonyl (C=O) groups excluding carboxylic acids is 1. The zero-order valence-electron chi connectivity index (χ0n) is 16.6. The lowest BCUT2D eigenvalue weighted by molar-refractivity contribution is -0.188. The molecule has 7 heteroatoms. The minimum Gasteiger partial charge on any atom is -0.377 e. The molecular weight excluding hydrogens is 443 g/mol. The minimum atomic E-state index is 0. The van der Waals surface area contributed by atoms with Gasteiger partial charge in [-0.05, 0) is 31.6 Å². The van der Waals surface area contributed by atoms with Crippen molar-refractivity contribution in [2.45, 2.75) is 58.6 Å². The van der Waals surface area contributed by atoms with Crippen LogP contribution < -0.4 is 10.6 Å². The molecule has 150 valence electrons. The number of fused-ring (bicyclic) bond motifs is 1. The molecule has 0 bridgehead atoms. The SMILES string of the molecule is CN=C(NCC1CCN(C(C)=O)CC1)NC1C2CCCOC2C1(C)C.I. The van der Waals surface area contributed by atoms with Gasteiger partial charge >= 0.3 is 0 Å². The Hall–Kier alpha value is -0.570. The minimum absolute atomic E-state index is 0. The topological polar surface area (TPSA) is 66.0 Å². The summed E-state index contributed by atoms with van der Waals surface area (Å²) in [6.45, 7) is 9.83. The van der Waals surface area contributed by atoms with E-state index in [1.807, 2.05) is 11.9 Å². The van der Waals surface area contributed by atoms with Crippen molar-refractivity contribution in [2.24, 2.45) is 22.2 Å². The molecule has 0 radical (unpaired) electrons. The molecule has 3 atom stereocenters. The number of carbonyl (C=O) groups is 1. The van der Waals surface area contributed by atoms with E-state index in [0.29, 0.717) is 24.0 Å². The maximum Gasteiger partial charge on any atom is 0.219 e. The highest BCUT2D eigenvalue weighted by Crippen LogP contribution is 2.51. The summed E-state index contributed by atoms with van der Waals surface area (Å²) < 4.78 is 5.99. The summed E-state index contributed by atoms with van der Waals surface area (Å²) in [5.74, 6) is 2.30. The maximum atomic E-state index is 11.4. The van der Waals surface area contributed by atoms with Crippen molar-refractivity contribution in [3.05, 3.63) is 0 Å². The Labute approximate surface area is 174 Å². The Morgan fingerprint density at radius 3 is 2.58 bits per heavy atom. The number of hydrogen-bond donors (Lipinski definition) is 2. The quantitative estimate of drug-likeness (QED) is 0.371. The highest BCUT2D eigenvalue weighted by molar-refractivity contribution is 14.0. The summed E-state index contributed by atoms with van der Waals surface area (Å²) in [5.41, 5.74) is 0.148. The molecule has 3 fully saturated rings. The molecule has 1 aliphatic carbocycles. The van der Waals surface area contributed by atoms with E-state index in [2.05, 4.69) is 29.5 Å². The Morgan fingerprint density at radius 1 is 1.27 bits per heavy atom. The van der Waals surface area contributed by atoms with Gasteiger partial charge in [-0.25, -0.2) is 0 Å². The number of piperidine rings is 1. The molecule has 26 heavy (non-hydrogen) atoms. The van der Waals surface area contributed by atoms with Gasteiger partial charge in [0.2, 0.25) is 5.91 Å². The fourth-order valence-electron chi connectivity index (χ4n) is 4.85. The first-order chi connectivity index (χ1) is 11.9. The van der Waals surface area contributed by atoms with Crippen LogP contribution in [0.25, 0.3) is 0 Å². The Morgan fingerprint density at radius 2 is 1.96 bits per heavy atom. The number of ether oxygens (including phenoxy) is 1. The van der Waals surface area contributed by atoms with E-state index in [0.717, 1.165) is 51.5 Å². The molecule has 3 rings (SSSR count). The molecule has 3 unspecified atom stereocenters. The first kappa shape index (κ1) is 21.7. The second-order valence-corrected chi connectivity index (χ2v) is 8.44. The molecule has 0 aromatic rings. The van der Waals surface area contributed by atoms with Crippen LogP contribution in [-0.2, 0) is 9.53 Å². The van der Waals surface area contributed by atoms with Crippen molar-refractivity contribution < 1.29 is 9.53 Å². The van der Waals surface area contributed by atoms with Gasteiger partial charge in [-0.1, -0.05) is 13.8 Å². The fourth-order valence-corrected chi connectivity index (χ4v) is 4.85. The van der Waals surface area contributed by atoms with Crippen molar-refractivity contribution in [2.75, 3.05) is 33.3 Å². The predicted molar refractivity (Wildman–Crippen MR) is 115 cm³/mol. The molecule has 0 aromatic heterocycles. The lowest BCUT2D eigenvalue weighted by Crippen LogP contribution is -2.71. The highest BCUT2D eigenvalue weighted by Gasteiger charge is 2.58. The number of likely N-dealkylation sites (tertiary alicyclic amines) is 1. The van der Waals surface area contributed by atoms with E-state index in [1.165, 1.54) is 6.42 Å². The third kappa shape index (κ3) is 4.46. The lowest BCUT2D eigenvalue weighted by atomic mass is 9.55. The fraction of sp³-hybridized carbons (Fsp3) is 0.895. The van der Waals surface area contributed by atoms with Gasteiger partial charge in [-0.2, -0.15) is 0 Å². The van der Waals surface area contributed by atoms with E-state index in [9.17, 15) is 4.79 Å². The van der Waals surface area contributed by atoms with Crippen LogP contribution in [0.3, 0.4) is 0 Å². The number of rotatable bonds is 3. The first-order valence-electron chi connectivity index (χ1n) is 9.77. The van der Waals surface area contributed by atoms with Gasteiger partial charge in [0.15, 0.2) is 5.96 Å². The number of halogens is 1. The smallest absolute Gasteiger partial charge is 0.219 e. The van der Waals surface area contributed by atoms with E-state index in [4.69, 9.17) is 4.74 Å². The molecule has 2 N–H and O–H groups in total. The van der Waals surface area contributed by atoms with Crippen LogP contribution in [0.2, 0.25) is 0 Å². The largest absolute Gasteiger partial charge is 0.377 e. The van der Waals surface area contributed by atoms with E-state index >= 15 is 0 Å². The predicted octanol–water partition coefficient (Wildman–Crippen LogP) is 2.23. The van der Waals surface area contributed by atoms with Gasteiger partial charge in [0.1, 0.15) is 0 Å². The second kappa shape index (κ2) is 9.08. The number of nitrogens with zero attached hydrogens (tertiary/aromatic N) is 2. The Bertz CT molecular complexity index is 518. The van der Waals surface area contributed by atoms with E-state index < -0.39 is 0 Å². The van der Waals surface area contributed by atoms with Crippen LogP contribution in [-0.4, -0.2) is 62.2 Å². The third-order valence-corrected chi connectivity index (χ3v) is 6.46. The molecule has 1 amide bonds. The lowest BCUT2D eigenvalue weighted by Gasteiger charge is -2.60. The molecule has 2 aliphatic heterocycles. The summed E-state index contributed by atoms with van der Waals surface area (Å²) in [6, 6.07) is 0.420. The number of hydrogen-bond acceptors (Lipinski definition) is 3. The van der Waals surface area contributed by atoms with Crippen molar-refractivity contribution in [1.82, 2.24) is 15.5 Å². The van der Waals surface area contributed by atoms with E-state index in [-0.39, 0.29) is 35.3 Å². The first-order valence-corrected chi connectivity index (χ1v) is 9.77. The van der Waals surface area contributed by atoms with Gasteiger partial charge in [0.25, 0.3) is 0 Å². The van der Waals surface area contributed by atoms with Crippen LogP contribution >= 0.6 is 24.0 Å².